The van der Waals surface area contributed by atoms with Crippen molar-refractivity contribution in [2.75, 3.05) is 58.0 Å². The summed E-state index contributed by atoms with van der Waals surface area (Å²) in [4.78, 5) is 2.41. The van der Waals surface area contributed by atoms with Crippen LogP contribution >= 0.6 is 0 Å². The van der Waals surface area contributed by atoms with Crippen molar-refractivity contribution in [3.05, 3.63) is 59.2 Å². The van der Waals surface area contributed by atoms with Crippen molar-refractivity contribution in [2.45, 2.75) is 57.3 Å². The molecule has 2 atom stereocenters. The molecule has 0 amide bonds. The lowest BCUT2D eigenvalue weighted by Crippen LogP contribution is -2.41. The molecule has 36 heavy (non-hydrogen) atoms. The minimum atomic E-state index is 0.157. The van der Waals surface area contributed by atoms with Gasteiger partial charge in [0.2, 0.25) is 0 Å². The number of nitrogens with zero attached hydrogens (tertiary/aromatic N) is 1. The Morgan fingerprint density at radius 1 is 1.00 bits per heavy atom. The zero-order chi connectivity index (χ0) is 24.6. The fourth-order valence-corrected chi connectivity index (χ4v) is 5.34. The lowest BCUT2D eigenvalue weighted by atomic mass is 9.87. The lowest BCUT2D eigenvalue weighted by Gasteiger charge is -2.33. The molecule has 5 rings (SSSR count). The van der Waals surface area contributed by atoms with Gasteiger partial charge in [-0.1, -0.05) is 43.2 Å². The van der Waals surface area contributed by atoms with Gasteiger partial charge in [-0.05, 0) is 60.5 Å². The molecule has 2 aromatic rings. The predicted molar refractivity (Wildman–Crippen MR) is 143 cm³/mol. The van der Waals surface area contributed by atoms with Crippen LogP contribution < -0.4 is 15.0 Å². The second-order valence-corrected chi connectivity index (χ2v) is 10.5. The van der Waals surface area contributed by atoms with Crippen LogP contribution in [0.2, 0.25) is 0 Å². The molecule has 0 bridgehead atoms. The molecule has 3 aliphatic rings. The van der Waals surface area contributed by atoms with E-state index in [0.717, 1.165) is 70.5 Å². The van der Waals surface area contributed by atoms with E-state index < -0.39 is 0 Å². The minimum absolute atomic E-state index is 0.157. The number of methoxy groups -OCH3 is 1. The number of hydrogen-bond acceptors (Lipinski definition) is 6. The van der Waals surface area contributed by atoms with Gasteiger partial charge < -0.3 is 29.2 Å². The van der Waals surface area contributed by atoms with Gasteiger partial charge in [-0.2, -0.15) is 0 Å². The third kappa shape index (κ3) is 7.00. The zero-order valence-electron chi connectivity index (χ0n) is 21.8. The molecule has 0 aromatic heterocycles. The van der Waals surface area contributed by atoms with Crippen LogP contribution in [0.4, 0.5) is 5.69 Å². The van der Waals surface area contributed by atoms with E-state index in [2.05, 4.69) is 52.7 Å². The third-order valence-electron chi connectivity index (χ3n) is 7.69. The van der Waals surface area contributed by atoms with Crippen molar-refractivity contribution in [1.29, 1.82) is 0 Å². The van der Waals surface area contributed by atoms with E-state index in [1.54, 1.807) is 7.11 Å². The van der Waals surface area contributed by atoms with Crippen molar-refractivity contribution < 1.29 is 18.9 Å². The average molecular weight is 495 g/mol. The van der Waals surface area contributed by atoms with Gasteiger partial charge in [0.25, 0.3) is 0 Å². The van der Waals surface area contributed by atoms with Crippen LogP contribution in [-0.4, -0.2) is 59.2 Å². The summed E-state index contributed by atoms with van der Waals surface area (Å²) in [6, 6.07) is 15.5. The number of benzene rings is 2. The summed E-state index contributed by atoms with van der Waals surface area (Å²) in [5, 5.41) is 3.53. The Kier molecular flexibility index (Phi) is 9.15. The quantitative estimate of drug-likeness (QED) is 0.400. The Hall–Kier alpha value is -2.12. The molecule has 2 aromatic carbocycles. The molecule has 2 unspecified atom stereocenters. The van der Waals surface area contributed by atoms with Crippen LogP contribution in [0.15, 0.2) is 42.5 Å². The standard InChI is InChI=1S/C30H42N2O4/c1-33-16-2-14-32-15-18-35-29-10-7-25(19-28(29)32)22-36-30-20-31-13-11-27(30)26-8-5-24(6-9-26)21-34-17-12-23-3-4-23/h5-10,19,23,27,30-31H,2-4,11-18,20-22H2,1H3. The highest BCUT2D eigenvalue weighted by molar-refractivity contribution is 5.61. The highest BCUT2D eigenvalue weighted by atomic mass is 16.5. The minimum Gasteiger partial charge on any atom is -0.490 e. The summed E-state index contributed by atoms with van der Waals surface area (Å²) in [5.74, 6) is 2.30. The fourth-order valence-electron chi connectivity index (χ4n) is 5.34. The molecule has 1 saturated carbocycles. The van der Waals surface area contributed by atoms with Crippen LogP contribution in [0, 0.1) is 5.92 Å². The molecule has 2 fully saturated rings. The van der Waals surface area contributed by atoms with Crippen LogP contribution in [0.25, 0.3) is 0 Å². The van der Waals surface area contributed by atoms with Crippen molar-refractivity contribution in [1.82, 2.24) is 5.32 Å². The average Bonchev–Trinajstić information content (AvgIpc) is 3.75. The topological polar surface area (TPSA) is 52.2 Å². The highest BCUT2D eigenvalue weighted by Gasteiger charge is 2.27. The van der Waals surface area contributed by atoms with Gasteiger partial charge in [0, 0.05) is 39.3 Å². The summed E-state index contributed by atoms with van der Waals surface area (Å²) in [6.07, 6.45) is 6.27. The second-order valence-electron chi connectivity index (χ2n) is 10.5. The molecular weight excluding hydrogens is 452 g/mol. The molecule has 0 spiro atoms. The van der Waals surface area contributed by atoms with Crippen LogP contribution in [-0.2, 0) is 27.4 Å². The van der Waals surface area contributed by atoms with Crippen LogP contribution in [0.3, 0.4) is 0 Å². The first-order chi connectivity index (χ1) is 17.8. The molecule has 1 aliphatic carbocycles. The summed E-state index contributed by atoms with van der Waals surface area (Å²) in [7, 11) is 1.76. The van der Waals surface area contributed by atoms with Gasteiger partial charge in [-0.25, -0.2) is 0 Å². The Labute approximate surface area is 216 Å². The number of fused-ring (bicyclic) bond motifs is 1. The molecule has 1 N–H and O–H groups in total. The number of hydrogen-bond donors (Lipinski definition) is 1. The molecule has 6 heteroatoms. The van der Waals surface area contributed by atoms with E-state index in [1.807, 2.05) is 0 Å². The van der Waals surface area contributed by atoms with Gasteiger partial charge in [-0.15, -0.1) is 0 Å². The van der Waals surface area contributed by atoms with Crippen molar-refractivity contribution in [3.63, 3.8) is 0 Å². The maximum atomic E-state index is 6.53. The summed E-state index contributed by atoms with van der Waals surface area (Å²) < 4.78 is 23.6. The maximum absolute atomic E-state index is 6.53. The SMILES string of the molecule is COCCCN1CCOc2ccc(COC3CNCCC3c3ccc(COCCC4CC4)cc3)cc21. The number of ether oxygens (including phenoxy) is 4. The fraction of sp³-hybridized carbons (Fsp3) is 0.600. The van der Waals surface area contributed by atoms with Gasteiger partial charge in [-0.3, -0.25) is 0 Å². The number of piperidine rings is 1. The second kappa shape index (κ2) is 12.9. The Bertz CT molecular complexity index is 946. The van der Waals surface area contributed by atoms with Crippen LogP contribution in [0.5, 0.6) is 5.75 Å². The van der Waals surface area contributed by atoms with E-state index in [9.17, 15) is 0 Å². The Morgan fingerprint density at radius 2 is 1.86 bits per heavy atom. The van der Waals surface area contributed by atoms with E-state index in [4.69, 9.17) is 18.9 Å². The van der Waals surface area contributed by atoms with Gasteiger partial charge in [0.05, 0.1) is 31.5 Å². The number of nitrogens with one attached hydrogen (secondary N) is 1. The lowest BCUT2D eigenvalue weighted by molar-refractivity contribution is 0.0106. The van der Waals surface area contributed by atoms with Crippen molar-refractivity contribution in [3.8, 4) is 5.75 Å². The zero-order valence-corrected chi connectivity index (χ0v) is 21.8. The molecule has 0 radical (unpaired) electrons. The van der Waals surface area contributed by atoms with Crippen molar-refractivity contribution >= 4 is 5.69 Å². The van der Waals surface area contributed by atoms with Crippen molar-refractivity contribution in [2.24, 2.45) is 5.92 Å². The first-order valence-electron chi connectivity index (χ1n) is 13.8. The molecule has 2 aliphatic heterocycles. The van der Waals surface area contributed by atoms with E-state index >= 15 is 0 Å². The third-order valence-corrected chi connectivity index (χ3v) is 7.69. The van der Waals surface area contributed by atoms with Crippen LogP contribution in [0.1, 0.15) is 54.7 Å². The highest BCUT2D eigenvalue weighted by Crippen LogP contribution is 2.34. The van der Waals surface area contributed by atoms with Gasteiger partial charge in [0.15, 0.2) is 0 Å². The molecule has 196 valence electrons. The summed E-state index contributed by atoms with van der Waals surface area (Å²) in [6.45, 7) is 7.52. The smallest absolute Gasteiger partial charge is 0.142 e. The maximum Gasteiger partial charge on any atom is 0.142 e. The monoisotopic (exact) mass is 494 g/mol. The largest absolute Gasteiger partial charge is 0.490 e. The first-order valence-corrected chi connectivity index (χ1v) is 13.8. The van der Waals surface area contributed by atoms with E-state index in [0.29, 0.717) is 19.1 Å². The molecular formula is C30H42N2O4. The molecule has 1 saturated heterocycles. The van der Waals surface area contributed by atoms with E-state index in [1.165, 1.54) is 41.6 Å². The molecule has 2 heterocycles. The summed E-state index contributed by atoms with van der Waals surface area (Å²) in [5.41, 5.74) is 4.99. The number of rotatable bonds is 13. The molecule has 6 nitrogen and oxygen atoms in total. The summed E-state index contributed by atoms with van der Waals surface area (Å²) >= 11 is 0. The Balaban J connectivity index is 1.16. The first kappa shape index (κ1) is 25.5. The van der Waals surface area contributed by atoms with Gasteiger partial charge in [0.1, 0.15) is 12.4 Å². The van der Waals surface area contributed by atoms with Gasteiger partial charge >= 0.3 is 0 Å². The normalized spacial score (nSPS) is 21.8. The Morgan fingerprint density at radius 3 is 2.69 bits per heavy atom. The predicted octanol–water partition coefficient (Wildman–Crippen LogP) is 4.90. The number of anilines is 1. The van der Waals surface area contributed by atoms with E-state index in [-0.39, 0.29) is 6.10 Å².